The summed E-state index contributed by atoms with van der Waals surface area (Å²) in [6, 6.07) is 1.82. The van der Waals surface area contributed by atoms with Crippen molar-refractivity contribution in [2.45, 2.75) is 64.8 Å². The van der Waals surface area contributed by atoms with Gasteiger partial charge in [0.05, 0.1) is 26.1 Å². The average Bonchev–Trinajstić information content (AvgIpc) is 3.35. The first-order valence-electron chi connectivity index (χ1n) is 11.8. The molecule has 1 aromatic heterocycles. The minimum atomic E-state index is -0.856. The van der Waals surface area contributed by atoms with E-state index in [-0.39, 0.29) is 30.0 Å². The normalized spacial score (nSPS) is 42.4. The van der Waals surface area contributed by atoms with E-state index in [1.807, 2.05) is 26.0 Å². The third kappa shape index (κ3) is 2.76. The molecule has 2 aliphatic heterocycles. The van der Waals surface area contributed by atoms with Crippen LogP contribution in [0.25, 0.3) is 0 Å². The number of carbonyl (C=O) groups is 3. The number of ether oxygens (including phenoxy) is 3. The summed E-state index contributed by atoms with van der Waals surface area (Å²) in [5.74, 6) is -1.15. The molecule has 5 rings (SSSR count). The number of allylic oxidation sites excluding steroid dienone is 2. The second kappa shape index (κ2) is 7.17. The number of methoxy groups -OCH3 is 1. The smallest absolute Gasteiger partial charge is 0.339 e. The maximum absolute atomic E-state index is 12.9. The molecule has 1 aromatic rings. The molecule has 4 aliphatic rings. The molecular weight excluding hydrogens is 436 g/mol. The van der Waals surface area contributed by atoms with Gasteiger partial charge in [0.1, 0.15) is 11.7 Å². The van der Waals surface area contributed by atoms with Crippen molar-refractivity contribution in [2.24, 2.45) is 28.1 Å². The molecule has 2 saturated heterocycles. The van der Waals surface area contributed by atoms with Gasteiger partial charge in [-0.2, -0.15) is 0 Å². The topological polar surface area (TPSA) is 95.3 Å². The first-order chi connectivity index (χ1) is 15.9. The van der Waals surface area contributed by atoms with Crippen molar-refractivity contribution >= 4 is 17.7 Å². The number of rotatable bonds is 4. The van der Waals surface area contributed by atoms with E-state index in [1.165, 1.54) is 7.11 Å². The molecule has 1 spiro atoms. The molecule has 0 N–H and O–H groups in total. The first-order valence-corrected chi connectivity index (χ1v) is 11.8. The molecule has 7 heteroatoms. The molecule has 0 aromatic carbocycles. The van der Waals surface area contributed by atoms with E-state index in [9.17, 15) is 14.4 Å². The number of esters is 2. The molecule has 182 valence electrons. The summed E-state index contributed by atoms with van der Waals surface area (Å²) in [5, 5.41) is 0. The molecule has 2 aliphatic carbocycles. The van der Waals surface area contributed by atoms with Crippen LogP contribution in [-0.4, -0.2) is 36.5 Å². The highest BCUT2D eigenvalue weighted by atomic mass is 16.7. The number of furan rings is 1. The van der Waals surface area contributed by atoms with E-state index in [2.05, 4.69) is 20.4 Å². The van der Waals surface area contributed by atoms with E-state index < -0.39 is 40.0 Å². The summed E-state index contributed by atoms with van der Waals surface area (Å²) in [6.07, 6.45) is 7.16. The number of hydrogen-bond acceptors (Lipinski definition) is 7. The second-order valence-corrected chi connectivity index (χ2v) is 11.3. The molecule has 0 unspecified atom stereocenters. The fourth-order valence-electron chi connectivity index (χ4n) is 7.27. The number of cyclic esters (lactones) is 1. The predicted octanol–water partition coefficient (Wildman–Crippen LogP) is 4.34. The number of hydrogen-bond donors (Lipinski definition) is 0. The third-order valence-corrected chi connectivity index (χ3v) is 9.39. The molecule has 1 saturated carbocycles. The predicted molar refractivity (Wildman–Crippen MR) is 121 cm³/mol. The average molecular weight is 469 g/mol. The van der Waals surface area contributed by atoms with Crippen LogP contribution in [-0.2, 0) is 28.6 Å². The fraction of sp³-hybridized carbons (Fsp3) is 0.593. The van der Waals surface area contributed by atoms with Crippen LogP contribution in [0.4, 0.5) is 0 Å². The lowest BCUT2D eigenvalue weighted by atomic mass is 9.47. The zero-order valence-electron chi connectivity index (χ0n) is 20.4. The van der Waals surface area contributed by atoms with Crippen molar-refractivity contribution in [3.05, 3.63) is 48.5 Å². The van der Waals surface area contributed by atoms with Crippen molar-refractivity contribution in [2.75, 3.05) is 7.11 Å². The summed E-state index contributed by atoms with van der Waals surface area (Å²) in [7, 11) is 1.36. The van der Waals surface area contributed by atoms with E-state index in [4.69, 9.17) is 18.6 Å². The van der Waals surface area contributed by atoms with E-state index in [1.54, 1.807) is 18.6 Å². The van der Waals surface area contributed by atoms with Gasteiger partial charge in [0.2, 0.25) is 0 Å². The Morgan fingerprint density at radius 1 is 1.21 bits per heavy atom. The fourth-order valence-corrected chi connectivity index (χ4v) is 7.27. The van der Waals surface area contributed by atoms with Crippen LogP contribution in [0.15, 0.2) is 47.3 Å². The zero-order chi connectivity index (χ0) is 24.7. The van der Waals surface area contributed by atoms with Crippen molar-refractivity contribution in [1.82, 2.24) is 0 Å². The molecule has 0 bridgehead atoms. The standard InChI is InChI=1S/C27H32O7/c1-15-17(25(4)10-8-19(28)24(2,3)18(25)13-20(29)31-6)7-11-26(5)21(16-9-12-32-14-16)33-23(30)22-27(15,26)34-22/h8-10,12,14,17-18,21-22H,1,7,11,13H2,2-6H3/t17-,18-,21-,22+,25+,26-,27+/m1/s1. The highest BCUT2D eigenvalue weighted by molar-refractivity contribution is 5.96. The van der Waals surface area contributed by atoms with Crippen molar-refractivity contribution in [1.29, 1.82) is 0 Å². The Morgan fingerprint density at radius 3 is 2.59 bits per heavy atom. The van der Waals surface area contributed by atoms with Gasteiger partial charge in [0, 0.05) is 16.4 Å². The number of carbonyl (C=O) groups excluding carboxylic acids is 3. The van der Waals surface area contributed by atoms with Gasteiger partial charge in [-0.3, -0.25) is 9.59 Å². The van der Waals surface area contributed by atoms with Crippen molar-refractivity contribution in [3.63, 3.8) is 0 Å². The lowest BCUT2D eigenvalue weighted by Crippen LogP contribution is -2.58. The number of epoxide rings is 1. The molecule has 3 fully saturated rings. The first kappa shape index (κ1) is 23.1. The Kier molecular flexibility index (Phi) is 4.87. The molecular formula is C27H32O7. The van der Waals surface area contributed by atoms with Gasteiger partial charge in [-0.25, -0.2) is 4.79 Å². The summed E-state index contributed by atoms with van der Waals surface area (Å²) in [5.41, 5.74) is -1.04. The highest BCUT2D eigenvalue weighted by Gasteiger charge is 2.80. The SMILES string of the molecule is C=C1[C@H]([C@]2(C)C=CC(=O)C(C)(C)[C@H]2CC(=O)OC)CC[C@]2(C)[C@@H](c3ccoc3)OC(=O)[C@@H]3O[C@@]132. The van der Waals surface area contributed by atoms with E-state index >= 15 is 0 Å². The molecule has 7 nitrogen and oxygen atoms in total. The van der Waals surface area contributed by atoms with Gasteiger partial charge in [-0.1, -0.05) is 40.3 Å². The van der Waals surface area contributed by atoms with Crippen LogP contribution in [0.1, 0.15) is 58.6 Å². The summed E-state index contributed by atoms with van der Waals surface area (Å²) >= 11 is 0. The highest BCUT2D eigenvalue weighted by Crippen LogP contribution is 2.72. The minimum Gasteiger partial charge on any atom is -0.472 e. The quantitative estimate of drug-likeness (QED) is 0.368. The Labute approximate surface area is 199 Å². The lowest BCUT2D eigenvalue weighted by Gasteiger charge is -2.56. The van der Waals surface area contributed by atoms with E-state index in [0.29, 0.717) is 0 Å². The van der Waals surface area contributed by atoms with Crippen LogP contribution >= 0.6 is 0 Å². The van der Waals surface area contributed by atoms with Crippen LogP contribution < -0.4 is 0 Å². The van der Waals surface area contributed by atoms with Crippen molar-refractivity contribution < 1.29 is 33.0 Å². The Hall–Kier alpha value is -2.67. The Bertz CT molecular complexity index is 1100. The maximum Gasteiger partial charge on any atom is 0.339 e. The summed E-state index contributed by atoms with van der Waals surface area (Å²) in [6.45, 7) is 12.5. The largest absolute Gasteiger partial charge is 0.472 e. The van der Waals surface area contributed by atoms with Crippen LogP contribution in [0, 0.1) is 28.1 Å². The molecule has 7 atom stereocenters. The molecule has 0 amide bonds. The maximum atomic E-state index is 12.9. The van der Waals surface area contributed by atoms with Crippen LogP contribution in [0.3, 0.4) is 0 Å². The Morgan fingerprint density at radius 2 is 1.94 bits per heavy atom. The van der Waals surface area contributed by atoms with Crippen molar-refractivity contribution in [3.8, 4) is 0 Å². The summed E-state index contributed by atoms with van der Waals surface area (Å²) < 4.78 is 22.4. The van der Waals surface area contributed by atoms with Gasteiger partial charge in [0.25, 0.3) is 0 Å². The van der Waals surface area contributed by atoms with Gasteiger partial charge in [0.15, 0.2) is 11.9 Å². The van der Waals surface area contributed by atoms with Gasteiger partial charge in [-0.15, -0.1) is 0 Å². The van der Waals surface area contributed by atoms with Crippen LogP contribution in [0.5, 0.6) is 0 Å². The summed E-state index contributed by atoms with van der Waals surface area (Å²) in [4.78, 5) is 38.2. The van der Waals surface area contributed by atoms with Gasteiger partial charge in [-0.05, 0) is 47.8 Å². The second-order valence-electron chi connectivity index (χ2n) is 11.3. The van der Waals surface area contributed by atoms with E-state index in [0.717, 1.165) is 24.0 Å². The zero-order valence-corrected chi connectivity index (χ0v) is 20.4. The molecule has 0 radical (unpaired) electrons. The lowest BCUT2D eigenvalue weighted by molar-refractivity contribution is -0.168. The van der Waals surface area contributed by atoms with Crippen LogP contribution in [0.2, 0.25) is 0 Å². The molecule has 3 heterocycles. The monoisotopic (exact) mass is 468 g/mol. The number of ketones is 1. The third-order valence-electron chi connectivity index (χ3n) is 9.39. The minimum absolute atomic E-state index is 0.00915. The molecule has 34 heavy (non-hydrogen) atoms. The Balaban J connectivity index is 1.57. The van der Waals surface area contributed by atoms with Gasteiger partial charge >= 0.3 is 11.9 Å². The van der Waals surface area contributed by atoms with Gasteiger partial charge < -0.3 is 18.6 Å².